The van der Waals surface area contributed by atoms with Crippen molar-refractivity contribution in [1.29, 1.82) is 0 Å². The van der Waals surface area contributed by atoms with Gasteiger partial charge < -0.3 is 15.1 Å². The Bertz CT molecular complexity index is 484. The lowest BCUT2D eigenvalue weighted by molar-refractivity contribution is -0.121. The van der Waals surface area contributed by atoms with Gasteiger partial charge in [-0.05, 0) is 37.1 Å². The Morgan fingerprint density at radius 1 is 1.22 bits per heavy atom. The molecule has 0 aliphatic carbocycles. The van der Waals surface area contributed by atoms with E-state index in [-0.39, 0.29) is 5.91 Å². The Hall–Kier alpha value is -1.10. The van der Waals surface area contributed by atoms with Gasteiger partial charge in [-0.3, -0.25) is 4.79 Å². The maximum atomic E-state index is 12.0. The number of halogens is 1. The molecule has 2 rings (SSSR count). The van der Waals surface area contributed by atoms with Crippen molar-refractivity contribution >= 4 is 17.5 Å². The first-order valence-electron chi connectivity index (χ1n) is 8.45. The number of nitrogens with one attached hydrogen (secondary N) is 1. The van der Waals surface area contributed by atoms with Gasteiger partial charge in [0.1, 0.15) is 0 Å². The molecule has 0 saturated carbocycles. The monoisotopic (exact) mass is 337 g/mol. The fraction of sp³-hybridized carbons (Fsp3) is 0.611. The molecule has 23 heavy (non-hydrogen) atoms. The summed E-state index contributed by atoms with van der Waals surface area (Å²) in [6, 6.07) is 7.69. The van der Waals surface area contributed by atoms with E-state index in [4.69, 9.17) is 11.6 Å². The predicted molar refractivity (Wildman–Crippen MR) is 95.9 cm³/mol. The number of hydrogen-bond acceptors (Lipinski definition) is 3. The van der Waals surface area contributed by atoms with Crippen molar-refractivity contribution in [3.05, 3.63) is 34.9 Å². The number of likely N-dealkylation sites (N-methyl/N-ethyl adjacent to an activating group) is 1. The van der Waals surface area contributed by atoms with E-state index in [0.29, 0.717) is 12.3 Å². The summed E-state index contributed by atoms with van der Waals surface area (Å²) in [5.41, 5.74) is 1.15. The summed E-state index contributed by atoms with van der Waals surface area (Å²) in [6.07, 6.45) is 1.29. The zero-order valence-corrected chi connectivity index (χ0v) is 15.0. The van der Waals surface area contributed by atoms with Crippen LogP contribution in [-0.4, -0.2) is 62.0 Å². The molecule has 1 fully saturated rings. The smallest absolute Gasteiger partial charge is 0.220 e. The van der Waals surface area contributed by atoms with Crippen molar-refractivity contribution in [2.24, 2.45) is 5.92 Å². The van der Waals surface area contributed by atoms with Gasteiger partial charge in [-0.1, -0.05) is 30.7 Å². The lowest BCUT2D eigenvalue weighted by Crippen LogP contribution is -2.46. The van der Waals surface area contributed by atoms with Crippen LogP contribution in [0.4, 0.5) is 0 Å². The Morgan fingerprint density at radius 3 is 2.52 bits per heavy atom. The van der Waals surface area contributed by atoms with Crippen LogP contribution in [0.1, 0.15) is 18.9 Å². The highest BCUT2D eigenvalue weighted by Gasteiger charge is 2.16. The van der Waals surface area contributed by atoms with Gasteiger partial charge in [-0.15, -0.1) is 0 Å². The van der Waals surface area contributed by atoms with Crippen molar-refractivity contribution in [1.82, 2.24) is 15.1 Å². The molecule has 1 heterocycles. The number of piperazine rings is 1. The zero-order valence-electron chi connectivity index (χ0n) is 14.2. The van der Waals surface area contributed by atoms with Crippen molar-refractivity contribution in [3.63, 3.8) is 0 Å². The van der Waals surface area contributed by atoms with E-state index >= 15 is 0 Å². The van der Waals surface area contributed by atoms with Crippen molar-refractivity contribution < 1.29 is 4.79 Å². The highest BCUT2D eigenvalue weighted by atomic mass is 35.5. The highest BCUT2D eigenvalue weighted by molar-refractivity contribution is 6.30. The summed E-state index contributed by atoms with van der Waals surface area (Å²) in [4.78, 5) is 16.8. The Labute approximate surface area is 144 Å². The summed E-state index contributed by atoms with van der Waals surface area (Å²) < 4.78 is 0. The van der Waals surface area contributed by atoms with Gasteiger partial charge in [-0.2, -0.15) is 0 Å². The number of carbonyl (C=O) groups excluding carboxylic acids is 1. The third kappa shape index (κ3) is 6.90. The predicted octanol–water partition coefficient (Wildman–Crippen LogP) is 2.27. The van der Waals surface area contributed by atoms with E-state index in [1.54, 1.807) is 0 Å². The maximum absolute atomic E-state index is 12.0. The number of benzene rings is 1. The molecule has 1 N–H and O–H groups in total. The normalized spacial score (nSPS) is 17.9. The quantitative estimate of drug-likeness (QED) is 0.829. The van der Waals surface area contributed by atoms with Crippen LogP contribution in [0.5, 0.6) is 0 Å². The summed E-state index contributed by atoms with van der Waals surface area (Å²) in [5.74, 6) is 0.614. The number of aryl methyl sites for hydroxylation is 1. The van der Waals surface area contributed by atoms with Gasteiger partial charge in [0.05, 0.1) is 0 Å². The number of nitrogens with zero attached hydrogens (tertiary/aromatic N) is 2. The average Bonchev–Trinajstić information content (AvgIpc) is 2.54. The topological polar surface area (TPSA) is 35.6 Å². The summed E-state index contributed by atoms with van der Waals surface area (Å²) in [6.45, 7) is 8.56. The second kappa shape index (κ2) is 9.26. The Balaban J connectivity index is 1.60. The standard InChI is InChI=1S/C18H28ClN3O/c1-15(14-22-11-9-21(2)10-12-22)13-20-18(23)8-5-16-3-6-17(19)7-4-16/h3-4,6-7,15H,5,8-14H2,1-2H3,(H,20,23). The molecule has 1 amide bonds. The second-order valence-electron chi connectivity index (χ2n) is 6.64. The van der Waals surface area contributed by atoms with E-state index in [0.717, 1.165) is 56.3 Å². The van der Waals surface area contributed by atoms with Gasteiger partial charge in [0, 0.05) is 50.7 Å². The molecule has 1 aromatic carbocycles. The van der Waals surface area contributed by atoms with Gasteiger partial charge in [0.15, 0.2) is 0 Å². The molecule has 1 saturated heterocycles. The third-order valence-corrected chi connectivity index (χ3v) is 4.62. The first-order chi connectivity index (χ1) is 11.0. The molecule has 1 aromatic rings. The molecule has 128 valence electrons. The molecule has 0 aromatic heterocycles. The zero-order chi connectivity index (χ0) is 16.7. The molecule has 0 radical (unpaired) electrons. The fourth-order valence-electron chi connectivity index (χ4n) is 2.82. The largest absolute Gasteiger partial charge is 0.356 e. The minimum absolute atomic E-state index is 0.130. The van der Waals surface area contributed by atoms with Gasteiger partial charge in [0.25, 0.3) is 0 Å². The minimum atomic E-state index is 0.130. The van der Waals surface area contributed by atoms with Gasteiger partial charge in [-0.25, -0.2) is 0 Å². The van der Waals surface area contributed by atoms with Crippen molar-refractivity contribution in [2.75, 3.05) is 46.3 Å². The van der Waals surface area contributed by atoms with E-state index in [9.17, 15) is 4.79 Å². The van der Waals surface area contributed by atoms with Crippen LogP contribution in [0.2, 0.25) is 5.02 Å². The fourth-order valence-corrected chi connectivity index (χ4v) is 2.95. The van der Waals surface area contributed by atoms with Gasteiger partial charge in [0.2, 0.25) is 5.91 Å². The number of amides is 1. The van der Waals surface area contributed by atoms with E-state index in [1.807, 2.05) is 24.3 Å². The molecular formula is C18H28ClN3O. The number of rotatable bonds is 7. The molecule has 1 atom stereocenters. The van der Waals surface area contributed by atoms with Crippen LogP contribution in [-0.2, 0) is 11.2 Å². The lowest BCUT2D eigenvalue weighted by atomic mass is 10.1. The van der Waals surface area contributed by atoms with Crippen LogP contribution in [0.15, 0.2) is 24.3 Å². The molecule has 1 unspecified atom stereocenters. The second-order valence-corrected chi connectivity index (χ2v) is 7.08. The molecule has 1 aliphatic heterocycles. The molecule has 5 heteroatoms. The number of carbonyl (C=O) groups is 1. The van der Waals surface area contributed by atoms with Gasteiger partial charge >= 0.3 is 0 Å². The highest BCUT2D eigenvalue weighted by Crippen LogP contribution is 2.11. The first kappa shape index (κ1) is 18.2. The summed E-state index contributed by atoms with van der Waals surface area (Å²) >= 11 is 5.86. The van der Waals surface area contributed by atoms with Crippen molar-refractivity contribution in [3.8, 4) is 0 Å². The van der Waals surface area contributed by atoms with E-state index in [2.05, 4.69) is 29.1 Å². The molecule has 0 bridgehead atoms. The van der Waals surface area contributed by atoms with Crippen molar-refractivity contribution in [2.45, 2.75) is 19.8 Å². The lowest BCUT2D eigenvalue weighted by Gasteiger charge is -2.33. The average molecular weight is 338 g/mol. The summed E-state index contributed by atoms with van der Waals surface area (Å²) in [5, 5.41) is 3.79. The first-order valence-corrected chi connectivity index (χ1v) is 8.83. The van der Waals surface area contributed by atoms with Crippen LogP contribution >= 0.6 is 11.6 Å². The third-order valence-electron chi connectivity index (χ3n) is 4.37. The Kier molecular flexibility index (Phi) is 7.34. The summed E-state index contributed by atoms with van der Waals surface area (Å²) in [7, 11) is 2.17. The SMILES string of the molecule is CC(CNC(=O)CCc1ccc(Cl)cc1)CN1CCN(C)CC1. The van der Waals surface area contributed by atoms with Crippen LogP contribution in [0, 0.1) is 5.92 Å². The number of hydrogen-bond donors (Lipinski definition) is 1. The Morgan fingerprint density at radius 2 is 1.87 bits per heavy atom. The molecular weight excluding hydrogens is 310 g/mol. The molecule has 1 aliphatic rings. The maximum Gasteiger partial charge on any atom is 0.220 e. The minimum Gasteiger partial charge on any atom is -0.356 e. The molecule has 4 nitrogen and oxygen atoms in total. The van der Waals surface area contributed by atoms with E-state index < -0.39 is 0 Å². The van der Waals surface area contributed by atoms with Crippen LogP contribution < -0.4 is 5.32 Å². The van der Waals surface area contributed by atoms with E-state index in [1.165, 1.54) is 0 Å². The van der Waals surface area contributed by atoms with Crippen LogP contribution in [0.3, 0.4) is 0 Å². The van der Waals surface area contributed by atoms with Crippen LogP contribution in [0.25, 0.3) is 0 Å². The molecule has 0 spiro atoms.